The van der Waals surface area contributed by atoms with E-state index in [1.165, 1.54) is 17.7 Å². The van der Waals surface area contributed by atoms with E-state index < -0.39 is 11.6 Å². The highest BCUT2D eigenvalue weighted by Crippen LogP contribution is 2.35. The van der Waals surface area contributed by atoms with Gasteiger partial charge in [-0.2, -0.15) is 4.39 Å². The minimum Gasteiger partial charge on any atom is -0.491 e. The van der Waals surface area contributed by atoms with E-state index in [1.807, 2.05) is 13.0 Å². The number of rotatable bonds is 6. The molecule has 0 fully saturated rings. The third-order valence-corrected chi connectivity index (χ3v) is 6.11. The van der Waals surface area contributed by atoms with Crippen LogP contribution >= 0.6 is 0 Å². The molecule has 3 aromatic rings. The maximum absolute atomic E-state index is 15.0. The second kappa shape index (κ2) is 10.1. The van der Waals surface area contributed by atoms with Crippen molar-refractivity contribution in [2.75, 3.05) is 6.61 Å². The molecule has 0 amide bonds. The molecular weight excluding hydrogens is 421 g/mol. The van der Waals surface area contributed by atoms with Gasteiger partial charge in [0, 0.05) is 11.1 Å². The zero-order valence-corrected chi connectivity index (χ0v) is 18.9. The van der Waals surface area contributed by atoms with Gasteiger partial charge in [-0.3, -0.25) is 0 Å². The Morgan fingerprint density at radius 1 is 0.879 bits per heavy atom. The van der Waals surface area contributed by atoms with E-state index in [2.05, 4.69) is 18.2 Å². The lowest BCUT2D eigenvalue weighted by molar-refractivity contribution is 0.314. The first-order valence-electron chi connectivity index (χ1n) is 11.3. The molecule has 1 aliphatic carbocycles. The fourth-order valence-electron chi connectivity index (χ4n) is 4.36. The molecule has 0 saturated heterocycles. The summed E-state index contributed by atoms with van der Waals surface area (Å²) in [5.74, 6) is -1.80. The lowest BCUT2D eigenvalue weighted by atomic mass is 9.86. The van der Waals surface area contributed by atoms with Crippen LogP contribution in [0, 0.1) is 23.4 Å². The van der Waals surface area contributed by atoms with E-state index in [-0.39, 0.29) is 23.7 Å². The quantitative estimate of drug-likeness (QED) is 0.343. The smallest absolute Gasteiger partial charge is 0.201 e. The first-order valence-corrected chi connectivity index (χ1v) is 11.3. The van der Waals surface area contributed by atoms with Crippen molar-refractivity contribution in [3.63, 3.8) is 0 Å². The monoisotopic (exact) mass is 448 g/mol. The number of hydrogen-bond donors (Lipinski definition) is 0. The highest BCUT2D eigenvalue weighted by molar-refractivity contribution is 5.74. The number of hydrogen-bond acceptors (Lipinski definition) is 1. The van der Waals surface area contributed by atoms with Crippen LogP contribution in [0.1, 0.15) is 38.7 Å². The first kappa shape index (κ1) is 22.9. The molecule has 3 aromatic carbocycles. The largest absolute Gasteiger partial charge is 0.491 e. The van der Waals surface area contributed by atoms with Crippen LogP contribution in [0.3, 0.4) is 0 Å². The highest BCUT2D eigenvalue weighted by atomic mass is 19.2. The lowest BCUT2D eigenvalue weighted by Gasteiger charge is -2.20. The van der Waals surface area contributed by atoms with Crippen molar-refractivity contribution in [3.05, 3.63) is 95.8 Å². The second-order valence-electron chi connectivity index (χ2n) is 8.23. The van der Waals surface area contributed by atoms with Crippen molar-refractivity contribution in [3.8, 4) is 28.0 Å². The van der Waals surface area contributed by atoms with Crippen LogP contribution in [0.15, 0.2) is 72.8 Å². The van der Waals surface area contributed by atoms with E-state index in [9.17, 15) is 13.2 Å². The topological polar surface area (TPSA) is 9.23 Å². The predicted molar refractivity (Wildman–Crippen MR) is 128 cm³/mol. The van der Waals surface area contributed by atoms with Crippen LogP contribution in [-0.2, 0) is 0 Å². The van der Waals surface area contributed by atoms with Crippen LogP contribution in [-0.4, -0.2) is 6.61 Å². The molecule has 0 N–H and O–H groups in total. The van der Waals surface area contributed by atoms with Crippen molar-refractivity contribution in [1.82, 2.24) is 0 Å². The van der Waals surface area contributed by atoms with Gasteiger partial charge in [0.25, 0.3) is 0 Å². The molecule has 0 radical (unpaired) electrons. The SMILES string of the molecule is C/C=C/C1CC=C(c2ccc(-c3ccc(-c4ccc(OCC)c(F)c4F)cc3)c(F)c2)CC1. The molecule has 33 heavy (non-hydrogen) atoms. The predicted octanol–water partition coefficient (Wildman–Crippen LogP) is 8.60. The van der Waals surface area contributed by atoms with Gasteiger partial charge in [-0.05, 0) is 79.5 Å². The average Bonchev–Trinajstić information content (AvgIpc) is 2.83. The Balaban J connectivity index is 1.56. The fourth-order valence-corrected chi connectivity index (χ4v) is 4.36. The van der Waals surface area contributed by atoms with E-state index in [0.29, 0.717) is 22.6 Å². The van der Waals surface area contributed by atoms with Crippen molar-refractivity contribution >= 4 is 5.57 Å². The van der Waals surface area contributed by atoms with E-state index in [1.54, 1.807) is 43.3 Å². The first-order chi connectivity index (χ1) is 16.0. The van der Waals surface area contributed by atoms with Crippen LogP contribution in [0.5, 0.6) is 5.75 Å². The summed E-state index contributed by atoms with van der Waals surface area (Å²) in [7, 11) is 0. The molecular formula is C29H27F3O. The van der Waals surface area contributed by atoms with Gasteiger partial charge < -0.3 is 4.74 Å². The van der Waals surface area contributed by atoms with Gasteiger partial charge in [0.05, 0.1) is 6.61 Å². The number of allylic oxidation sites excluding steroid dienone is 4. The summed E-state index contributed by atoms with van der Waals surface area (Å²) in [5.41, 5.74) is 3.91. The minimum absolute atomic E-state index is 0.108. The van der Waals surface area contributed by atoms with Gasteiger partial charge in [-0.1, -0.05) is 54.6 Å². The number of benzene rings is 3. The van der Waals surface area contributed by atoms with Crippen molar-refractivity contribution in [2.24, 2.45) is 5.92 Å². The van der Waals surface area contributed by atoms with Gasteiger partial charge in [0.15, 0.2) is 11.6 Å². The van der Waals surface area contributed by atoms with Gasteiger partial charge in [0.1, 0.15) is 5.82 Å². The molecule has 0 bridgehead atoms. The van der Waals surface area contributed by atoms with Crippen molar-refractivity contribution < 1.29 is 17.9 Å². The lowest BCUT2D eigenvalue weighted by Crippen LogP contribution is -2.02. The summed E-state index contributed by atoms with van der Waals surface area (Å²) >= 11 is 0. The zero-order chi connectivity index (χ0) is 23.4. The summed E-state index contributed by atoms with van der Waals surface area (Å²) in [6.45, 7) is 4.00. The molecule has 0 heterocycles. The fraction of sp³-hybridized carbons (Fsp3) is 0.241. The van der Waals surface area contributed by atoms with Crippen LogP contribution < -0.4 is 4.74 Å². The summed E-state index contributed by atoms with van der Waals surface area (Å²) in [6.07, 6.45) is 9.52. The maximum Gasteiger partial charge on any atom is 0.201 e. The Kier molecular flexibility index (Phi) is 7.02. The maximum atomic E-state index is 15.0. The van der Waals surface area contributed by atoms with Crippen molar-refractivity contribution in [1.29, 1.82) is 0 Å². The standard InChI is InChI=1S/C29H27F3O/c1-3-5-19-6-8-20(9-7-19)23-14-15-24(26(30)18-23)21-10-12-22(13-11-21)25-16-17-27(33-4-2)29(32)28(25)31/h3,5,8,10-19H,4,6-7,9H2,1-2H3/b5-3+. The zero-order valence-electron chi connectivity index (χ0n) is 18.9. The van der Waals surface area contributed by atoms with Gasteiger partial charge in [-0.15, -0.1) is 0 Å². The number of ether oxygens (including phenoxy) is 1. The second-order valence-corrected chi connectivity index (χ2v) is 8.23. The minimum atomic E-state index is -1.01. The molecule has 170 valence electrons. The molecule has 0 saturated carbocycles. The Morgan fingerprint density at radius 2 is 1.55 bits per heavy atom. The summed E-state index contributed by atoms with van der Waals surface area (Å²) in [6, 6.07) is 15.0. The van der Waals surface area contributed by atoms with E-state index >= 15 is 0 Å². The third kappa shape index (κ3) is 4.90. The molecule has 1 aliphatic rings. The Bertz CT molecular complexity index is 1190. The Labute approximate surface area is 193 Å². The molecule has 1 nitrogen and oxygen atoms in total. The normalized spacial score (nSPS) is 16.2. The van der Waals surface area contributed by atoms with Crippen LogP contribution in [0.25, 0.3) is 27.8 Å². The molecule has 0 aromatic heterocycles. The van der Waals surface area contributed by atoms with Gasteiger partial charge in [-0.25, -0.2) is 8.78 Å². The Hall–Kier alpha value is -3.27. The van der Waals surface area contributed by atoms with Crippen molar-refractivity contribution in [2.45, 2.75) is 33.1 Å². The molecule has 4 heteroatoms. The summed E-state index contributed by atoms with van der Waals surface area (Å²) in [5, 5.41) is 0. The molecule has 0 spiro atoms. The van der Waals surface area contributed by atoms with Gasteiger partial charge in [0.2, 0.25) is 5.82 Å². The molecule has 0 aliphatic heterocycles. The number of halogens is 3. The Morgan fingerprint density at radius 3 is 2.15 bits per heavy atom. The molecule has 4 rings (SSSR count). The highest BCUT2D eigenvalue weighted by Gasteiger charge is 2.17. The van der Waals surface area contributed by atoms with Crippen LogP contribution in [0.2, 0.25) is 0 Å². The van der Waals surface area contributed by atoms with E-state index in [0.717, 1.165) is 24.8 Å². The summed E-state index contributed by atoms with van der Waals surface area (Å²) in [4.78, 5) is 0. The average molecular weight is 449 g/mol. The molecule has 1 unspecified atom stereocenters. The molecule has 1 atom stereocenters. The van der Waals surface area contributed by atoms with Crippen LogP contribution in [0.4, 0.5) is 13.2 Å². The van der Waals surface area contributed by atoms with Gasteiger partial charge >= 0.3 is 0 Å². The van der Waals surface area contributed by atoms with E-state index in [4.69, 9.17) is 4.74 Å². The summed E-state index contributed by atoms with van der Waals surface area (Å²) < 4.78 is 48.8. The third-order valence-electron chi connectivity index (χ3n) is 6.11.